The second-order valence-electron chi connectivity index (χ2n) is 4.28. The number of nitrogens with one attached hydrogen (secondary N) is 1. The van der Waals surface area contributed by atoms with E-state index in [-0.39, 0.29) is 10.7 Å². The Bertz CT molecular complexity index is 647. The lowest BCUT2D eigenvalue weighted by atomic mass is 10.1. The third-order valence-corrected chi connectivity index (χ3v) is 3.66. The van der Waals surface area contributed by atoms with Gasteiger partial charge in [0.1, 0.15) is 11.6 Å². The largest absolute Gasteiger partial charge is 0.376 e. The van der Waals surface area contributed by atoms with E-state index in [0.29, 0.717) is 15.6 Å². The molecule has 2 rings (SSSR count). The highest BCUT2D eigenvalue weighted by molar-refractivity contribution is 6.35. The molecule has 2 aromatic carbocycles. The Kier molecular flexibility index (Phi) is 4.74. The molecule has 0 fully saturated rings. The zero-order valence-electron chi connectivity index (χ0n) is 10.4. The first-order valence-electron chi connectivity index (χ1n) is 5.74. The highest BCUT2D eigenvalue weighted by atomic mass is 35.5. The average molecular weight is 337 g/mol. The van der Waals surface area contributed by atoms with E-state index in [9.17, 15) is 8.78 Å². The van der Waals surface area contributed by atoms with Crippen LogP contribution in [0, 0.1) is 11.6 Å². The van der Waals surface area contributed by atoms with Crippen molar-refractivity contribution in [3.05, 3.63) is 62.6 Å². The Balaban J connectivity index is 2.28. The Morgan fingerprint density at radius 2 is 1.65 bits per heavy atom. The first kappa shape index (κ1) is 15.4. The van der Waals surface area contributed by atoms with Gasteiger partial charge in [-0.05, 0) is 42.8 Å². The number of halogens is 5. The minimum Gasteiger partial charge on any atom is -0.376 e. The van der Waals surface area contributed by atoms with Gasteiger partial charge in [0, 0.05) is 10.0 Å². The zero-order chi connectivity index (χ0) is 14.9. The highest BCUT2D eigenvalue weighted by Gasteiger charge is 2.15. The first-order valence-corrected chi connectivity index (χ1v) is 6.88. The molecule has 0 aliphatic heterocycles. The lowest BCUT2D eigenvalue weighted by Gasteiger charge is -2.18. The maximum Gasteiger partial charge on any atom is 0.147 e. The summed E-state index contributed by atoms with van der Waals surface area (Å²) in [5.74, 6) is -1.06. The molecule has 0 saturated carbocycles. The molecule has 2 aromatic rings. The van der Waals surface area contributed by atoms with Gasteiger partial charge in [0.15, 0.2) is 0 Å². The molecule has 0 bridgehead atoms. The van der Waals surface area contributed by atoms with Gasteiger partial charge in [0.25, 0.3) is 0 Å². The molecule has 0 saturated heterocycles. The molecule has 0 aliphatic rings. The van der Waals surface area contributed by atoms with Crippen molar-refractivity contribution in [2.45, 2.75) is 13.0 Å². The van der Waals surface area contributed by atoms with Gasteiger partial charge in [-0.25, -0.2) is 8.78 Å². The van der Waals surface area contributed by atoms with E-state index in [1.54, 1.807) is 13.0 Å². The molecule has 1 atom stereocenters. The van der Waals surface area contributed by atoms with Crippen LogP contribution < -0.4 is 5.32 Å². The summed E-state index contributed by atoms with van der Waals surface area (Å²) in [5, 5.41) is 3.47. The number of rotatable bonds is 3. The van der Waals surface area contributed by atoms with Crippen molar-refractivity contribution in [3.63, 3.8) is 0 Å². The topological polar surface area (TPSA) is 12.0 Å². The van der Waals surface area contributed by atoms with E-state index in [1.165, 1.54) is 24.3 Å². The van der Waals surface area contributed by atoms with Crippen LogP contribution in [0.15, 0.2) is 30.3 Å². The summed E-state index contributed by atoms with van der Waals surface area (Å²) in [4.78, 5) is 0. The Hall–Kier alpha value is -1.03. The Morgan fingerprint density at radius 1 is 0.950 bits per heavy atom. The summed E-state index contributed by atoms with van der Waals surface area (Å²) in [6, 6.07) is 6.42. The molecule has 0 amide bonds. The number of hydrogen-bond donors (Lipinski definition) is 1. The standard InChI is InChI=1S/C14H10Cl3F2N/c1-7(9-5-12(18)11(17)6-10(9)16)20-14-3-2-8(15)4-13(14)19/h2-7,20H,1H3. The molecule has 1 N–H and O–H groups in total. The van der Waals surface area contributed by atoms with E-state index in [0.717, 1.165) is 0 Å². The van der Waals surface area contributed by atoms with E-state index in [1.807, 2.05) is 0 Å². The minimum atomic E-state index is -0.573. The van der Waals surface area contributed by atoms with Crippen LogP contribution in [0.2, 0.25) is 15.1 Å². The van der Waals surface area contributed by atoms with E-state index >= 15 is 0 Å². The molecular formula is C14H10Cl3F2N. The lowest BCUT2D eigenvalue weighted by molar-refractivity contribution is 0.621. The highest BCUT2D eigenvalue weighted by Crippen LogP contribution is 2.31. The molecular weight excluding hydrogens is 327 g/mol. The third kappa shape index (κ3) is 3.35. The number of hydrogen-bond acceptors (Lipinski definition) is 1. The summed E-state index contributed by atoms with van der Waals surface area (Å²) in [5.41, 5.74) is 0.747. The van der Waals surface area contributed by atoms with Gasteiger partial charge in [-0.1, -0.05) is 34.8 Å². The summed E-state index contributed by atoms with van der Waals surface area (Å²) in [7, 11) is 0. The first-order chi connectivity index (χ1) is 9.38. The Morgan fingerprint density at radius 3 is 2.30 bits per heavy atom. The molecule has 106 valence electrons. The molecule has 1 nitrogen and oxygen atoms in total. The molecule has 1 unspecified atom stereocenters. The van der Waals surface area contributed by atoms with Crippen LogP contribution in [0.4, 0.5) is 14.5 Å². The molecule has 20 heavy (non-hydrogen) atoms. The molecule has 0 aromatic heterocycles. The van der Waals surface area contributed by atoms with E-state index in [2.05, 4.69) is 5.32 Å². The SMILES string of the molecule is CC(Nc1ccc(Cl)cc1F)c1cc(F)c(Cl)cc1Cl. The predicted molar refractivity (Wildman–Crippen MR) is 79.9 cm³/mol. The van der Waals surface area contributed by atoms with Crippen molar-refractivity contribution < 1.29 is 8.78 Å². The molecule has 0 heterocycles. The van der Waals surface area contributed by atoms with Crippen molar-refractivity contribution in [1.29, 1.82) is 0 Å². The van der Waals surface area contributed by atoms with Gasteiger partial charge < -0.3 is 5.32 Å². The van der Waals surface area contributed by atoms with Crippen molar-refractivity contribution in [3.8, 4) is 0 Å². The van der Waals surface area contributed by atoms with Gasteiger partial charge >= 0.3 is 0 Å². The van der Waals surface area contributed by atoms with Crippen LogP contribution in [0.5, 0.6) is 0 Å². The third-order valence-electron chi connectivity index (χ3n) is 2.81. The van der Waals surface area contributed by atoms with Crippen molar-refractivity contribution >= 4 is 40.5 Å². The molecule has 0 radical (unpaired) electrons. The zero-order valence-corrected chi connectivity index (χ0v) is 12.6. The van der Waals surface area contributed by atoms with Crippen LogP contribution in [0.3, 0.4) is 0 Å². The summed E-state index contributed by atoms with van der Waals surface area (Å²) >= 11 is 17.3. The van der Waals surface area contributed by atoms with Gasteiger partial charge in [-0.3, -0.25) is 0 Å². The minimum absolute atomic E-state index is 0.0522. The summed E-state index contributed by atoms with van der Waals surface area (Å²) in [6.07, 6.45) is 0. The second kappa shape index (κ2) is 6.17. The van der Waals surface area contributed by atoms with Crippen LogP contribution in [0.1, 0.15) is 18.5 Å². The van der Waals surface area contributed by atoms with Crippen LogP contribution in [0.25, 0.3) is 0 Å². The monoisotopic (exact) mass is 335 g/mol. The second-order valence-corrected chi connectivity index (χ2v) is 5.53. The van der Waals surface area contributed by atoms with Crippen molar-refractivity contribution in [2.24, 2.45) is 0 Å². The number of anilines is 1. The summed E-state index contributed by atoms with van der Waals surface area (Å²) in [6.45, 7) is 1.74. The van der Waals surface area contributed by atoms with Crippen LogP contribution >= 0.6 is 34.8 Å². The average Bonchev–Trinajstić information content (AvgIpc) is 2.37. The van der Waals surface area contributed by atoms with Crippen LogP contribution in [-0.4, -0.2) is 0 Å². The van der Waals surface area contributed by atoms with E-state index in [4.69, 9.17) is 34.8 Å². The maximum absolute atomic E-state index is 13.7. The fourth-order valence-electron chi connectivity index (χ4n) is 1.79. The van der Waals surface area contributed by atoms with Crippen molar-refractivity contribution in [1.82, 2.24) is 0 Å². The van der Waals surface area contributed by atoms with E-state index < -0.39 is 17.7 Å². The lowest BCUT2D eigenvalue weighted by Crippen LogP contribution is -2.09. The fourth-order valence-corrected chi connectivity index (χ4v) is 2.49. The fraction of sp³-hybridized carbons (Fsp3) is 0.143. The smallest absolute Gasteiger partial charge is 0.147 e. The predicted octanol–water partition coefficient (Wildman–Crippen LogP) is 6.10. The van der Waals surface area contributed by atoms with Gasteiger partial charge in [0.2, 0.25) is 0 Å². The van der Waals surface area contributed by atoms with Gasteiger partial charge in [-0.15, -0.1) is 0 Å². The van der Waals surface area contributed by atoms with Crippen LogP contribution in [-0.2, 0) is 0 Å². The molecule has 6 heteroatoms. The quantitative estimate of drug-likeness (QED) is 0.668. The molecule has 0 spiro atoms. The summed E-state index contributed by atoms with van der Waals surface area (Å²) < 4.78 is 27.2. The normalized spacial score (nSPS) is 12.3. The maximum atomic E-state index is 13.7. The Labute approximate surface area is 130 Å². The number of benzene rings is 2. The molecule has 0 aliphatic carbocycles. The van der Waals surface area contributed by atoms with Gasteiger partial charge in [0.05, 0.1) is 16.8 Å². The van der Waals surface area contributed by atoms with Crippen molar-refractivity contribution in [2.75, 3.05) is 5.32 Å². The van der Waals surface area contributed by atoms with Gasteiger partial charge in [-0.2, -0.15) is 0 Å².